The maximum absolute atomic E-state index is 13.1. The van der Waals surface area contributed by atoms with Crippen molar-refractivity contribution in [3.8, 4) is 0 Å². The number of benzene rings is 3. The lowest BCUT2D eigenvalue weighted by atomic mass is 10.2. The number of nitrogens with zero attached hydrogens (tertiary/aromatic N) is 5. The first-order valence-corrected chi connectivity index (χ1v) is 13.1. The van der Waals surface area contributed by atoms with Gasteiger partial charge in [-0.1, -0.05) is 29.8 Å². The van der Waals surface area contributed by atoms with Crippen LogP contribution in [0.2, 0.25) is 5.02 Å². The van der Waals surface area contributed by atoms with Crippen LogP contribution < -0.4 is 20.9 Å². The molecule has 3 N–H and O–H groups in total. The summed E-state index contributed by atoms with van der Waals surface area (Å²) in [6.07, 6.45) is 3.75. The van der Waals surface area contributed by atoms with E-state index in [2.05, 4.69) is 42.8 Å². The van der Waals surface area contributed by atoms with Gasteiger partial charge in [-0.15, -0.1) is 0 Å². The van der Waals surface area contributed by atoms with E-state index in [1.165, 1.54) is 24.3 Å². The van der Waals surface area contributed by atoms with Crippen molar-refractivity contribution in [1.29, 1.82) is 0 Å². The number of hydrogen-bond donors (Lipinski definition) is 3. The summed E-state index contributed by atoms with van der Waals surface area (Å²) in [6.45, 7) is 3.48. The van der Waals surface area contributed by atoms with Crippen molar-refractivity contribution in [2.75, 3.05) is 54.1 Å². The second-order valence-corrected chi connectivity index (χ2v) is 9.72. The quantitative estimate of drug-likeness (QED) is 0.257. The average Bonchev–Trinajstić information content (AvgIpc) is 2.95. The fourth-order valence-electron chi connectivity index (χ4n) is 4.03. The number of likely N-dealkylation sites (N-methyl/N-ethyl adjacent to an activating group) is 1. The number of anilines is 5. The Balaban J connectivity index is 1.30. The standard InChI is InChI=1S/C29H28ClFN8O/c1-38-15-17-39(18-16-38)28-36-26(14-5-20-3-2-4-21(30)19-20)35-27(37-28)32-23-10-12-25(13-11-23)34-29(40)33-24-8-6-22(31)7-9-24/h2-14,19H,15-18H2,1H3,(H2,33,34,40)(H,32,35,36,37)/b14-5+. The molecule has 0 atom stereocenters. The van der Waals surface area contributed by atoms with Crippen LogP contribution >= 0.6 is 11.6 Å². The van der Waals surface area contributed by atoms with E-state index in [0.29, 0.717) is 34.1 Å². The zero-order chi connectivity index (χ0) is 27.9. The molecule has 204 valence electrons. The largest absolute Gasteiger partial charge is 0.338 e. The van der Waals surface area contributed by atoms with Gasteiger partial charge in [0.15, 0.2) is 5.82 Å². The van der Waals surface area contributed by atoms with Crippen molar-refractivity contribution in [2.24, 2.45) is 0 Å². The van der Waals surface area contributed by atoms with Crippen LogP contribution in [0.15, 0.2) is 72.8 Å². The molecule has 1 saturated heterocycles. The SMILES string of the molecule is CN1CCN(c2nc(/C=C/c3cccc(Cl)c3)nc(Nc3ccc(NC(=O)Nc4ccc(F)cc4)cc3)n2)CC1. The Morgan fingerprint density at radius 3 is 2.17 bits per heavy atom. The van der Waals surface area contributed by atoms with Crippen molar-refractivity contribution >= 4 is 58.7 Å². The Labute approximate surface area is 236 Å². The Morgan fingerprint density at radius 1 is 0.850 bits per heavy atom. The summed E-state index contributed by atoms with van der Waals surface area (Å²) in [7, 11) is 2.10. The zero-order valence-corrected chi connectivity index (χ0v) is 22.6. The molecule has 2 amide bonds. The van der Waals surface area contributed by atoms with Gasteiger partial charge in [-0.25, -0.2) is 9.18 Å². The van der Waals surface area contributed by atoms with Gasteiger partial charge in [0.05, 0.1) is 0 Å². The van der Waals surface area contributed by atoms with Crippen molar-refractivity contribution in [3.05, 3.63) is 95.0 Å². The van der Waals surface area contributed by atoms with Crippen LogP contribution in [0, 0.1) is 5.82 Å². The molecule has 9 nitrogen and oxygen atoms in total. The fourth-order valence-corrected chi connectivity index (χ4v) is 4.23. The van der Waals surface area contributed by atoms with E-state index < -0.39 is 6.03 Å². The fraction of sp³-hybridized carbons (Fsp3) is 0.172. The summed E-state index contributed by atoms with van der Waals surface area (Å²) in [5.41, 5.74) is 2.76. The normalized spacial score (nSPS) is 13.8. The number of rotatable bonds is 7. The number of halogens is 2. The number of aromatic nitrogens is 3. The highest BCUT2D eigenvalue weighted by Crippen LogP contribution is 2.21. The number of hydrogen-bond acceptors (Lipinski definition) is 7. The van der Waals surface area contributed by atoms with Crippen LogP contribution in [0.4, 0.5) is 38.1 Å². The molecule has 0 bridgehead atoms. The van der Waals surface area contributed by atoms with Gasteiger partial charge in [-0.05, 0) is 79.4 Å². The molecule has 0 aliphatic carbocycles. The van der Waals surface area contributed by atoms with Gasteiger partial charge in [-0.2, -0.15) is 15.0 Å². The van der Waals surface area contributed by atoms with Crippen molar-refractivity contribution in [1.82, 2.24) is 19.9 Å². The van der Waals surface area contributed by atoms with Crippen LogP contribution in [0.25, 0.3) is 12.2 Å². The van der Waals surface area contributed by atoms with Crippen molar-refractivity contribution in [3.63, 3.8) is 0 Å². The molecular formula is C29H28ClFN8O. The molecule has 2 heterocycles. The molecule has 0 unspecified atom stereocenters. The van der Waals surface area contributed by atoms with Crippen LogP contribution in [0.1, 0.15) is 11.4 Å². The molecule has 40 heavy (non-hydrogen) atoms. The summed E-state index contributed by atoms with van der Waals surface area (Å²) in [5.74, 6) is 1.16. The molecule has 1 aromatic heterocycles. The second kappa shape index (κ2) is 12.5. The summed E-state index contributed by atoms with van der Waals surface area (Å²) in [4.78, 5) is 30.7. The van der Waals surface area contributed by atoms with Gasteiger partial charge >= 0.3 is 6.03 Å². The number of carbonyl (C=O) groups excluding carboxylic acids is 1. The number of nitrogens with one attached hydrogen (secondary N) is 3. The smallest absolute Gasteiger partial charge is 0.323 e. The van der Waals surface area contributed by atoms with Gasteiger partial charge in [0.25, 0.3) is 0 Å². The van der Waals surface area contributed by atoms with E-state index in [9.17, 15) is 9.18 Å². The molecule has 0 saturated carbocycles. The van der Waals surface area contributed by atoms with Crippen molar-refractivity contribution in [2.45, 2.75) is 0 Å². The first-order chi connectivity index (χ1) is 19.4. The Morgan fingerprint density at radius 2 is 1.50 bits per heavy atom. The third kappa shape index (κ3) is 7.52. The van der Waals surface area contributed by atoms with Crippen LogP contribution in [0.3, 0.4) is 0 Å². The minimum atomic E-state index is -0.433. The summed E-state index contributed by atoms with van der Waals surface area (Å²) in [6, 6.07) is 19.8. The first-order valence-electron chi connectivity index (χ1n) is 12.7. The summed E-state index contributed by atoms with van der Waals surface area (Å²) in [5, 5.41) is 9.32. The predicted molar refractivity (Wildman–Crippen MR) is 159 cm³/mol. The van der Waals surface area contributed by atoms with Crippen LogP contribution in [-0.2, 0) is 0 Å². The van der Waals surface area contributed by atoms with Crippen molar-refractivity contribution < 1.29 is 9.18 Å². The third-order valence-corrected chi connectivity index (χ3v) is 6.44. The third-order valence-electron chi connectivity index (χ3n) is 6.20. The molecule has 4 aromatic rings. The second-order valence-electron chi connectivity index (χ2n) is 9.28. The lowest BCUT2D eigenvalue weighted by molar-refractivity contribution is 0.262. The molecule has 11 heteroatoms. The molecule has 1 fully saturated rings. The minimum absolute atomic E-state index is 0.368. The molecule has 1 aliphatic heterocycles. The Hall–Kier alpha value is -4.54. The van der Waals surface area contributed by atoms with Crippen LogP contribution in [0.5, 0.6) is 0 Å². The Kier molecular flexibility index (Phi) is 8.48. The van der Waals surface area contributed by atoms with Gasteiger partial charge < -0.3 is 25.8 Å². The topological polar surface area (TPSA) is 98.3 Å². The number of urea groups is 1. The minimum Gasteiger partial charge on any atom is -0.338 e. The van der Waals surface area contributed by atoms with E-state index in [0.717, 1.165) is 37.4 Å². The highest BCUT2D eigenvalue weighted by Gasteiger charge is 2.18. The maximum Gasteiger partial charge on any atom is 0.323 e. The van der Waals surface area contributed by atoms with E-state index in [1.807, 2.05) is 48.6 Å². The average molecular weight is 559 g/mol. The zero-order valence-electron chi connectivity index (χ0n) is 21.8. The number of amides is 2. The van der Waals surface area contributed by atoms with E-state index >= 15 is 0 Å². The summed E-state index contributed by atoms with van der Waals surface area (Å²) >= 11 is 6.13. The van der Waals surface area contributed by atoms with E-state index in [1.54, 1.807) is 12.1 Å². The first kappa shape index (κ1) is 27.0. The molecule has 3 aromatic carbocycles. The lowest BCUT2D eigenvalue weighted by Gasteiger charge is -2.32. The molecular weight excluding hydrogens is 531 g/mol. The van der Waals surface area contributed by atoms with Gasteiger partial charge in [0.2, 0.25) is 11.9 Å². The van der Waals surface area contributed by atoms with E-state index in [-0.39, 0.29) is 5.82 Å². The predicted octanol–water partition coefficient (Wildman–Crippen LogP) is 5.97. The number of piperazine rings is 1. The molecule has 1 aliphatic rings. The molecule has 5 rings (SSSR count). The monoisotopic (exact) mass is 558 g/mol. The lowest BCUT2D eigenvalue weighted by Crippen LogP contribution is -2.45. The van der Waals surface area contributed by atoms with Crippen LogP contribution in [-0.4, -0.2) is 59.1 Å². The molecule has 0 spiro atoms. The molecule has 0 radical (unpaired) electrons. The Bertz CT molecular complexity index is 1490. The highest BCUT2D eigenvalue weighted by molar-refractivity contribution is 6.30. The maximum atomic E-state index is 13.1. The number of carbonyl (C=O) groups is 1. The highest BCUT2D eigenvalue weighted by atomic mass is 35.5. The van der Waals surface area contributed by atoms with Gasteiger partial charge in [0.1, 0.15) is 5.82 Å². The van der Waals surface area contributed by atoms with Gasteiger partial charge in [-0.3, -0.25) is 0 Å². The van der Waals surface area contributed by atoms with Gasteiger partial charge in [0, 0.05) is 48.3 Å². The summed E-state index contributed by atoms with van der Waals surface area (Å²) < 4.78 is 13.1. The van der Waals surface area contributed by atoms with E-state index in [4.69, 9.17) is 16.6 Å².